The average Bonchev–Trinajstić information content (AvgIpc) is 2.52. The number of hydrogen-bond acceptors (Lipinski definition) is 3. The first-order chi connectivity index (χ1) is 10.6. The van der Waals surface area contributed by atoms with E-state index in [9.17, 15) is 4.79 Å². The Labute approximate surface area is 134 Å². The van der Waals surface area contributed by atoms with Crippen LogP contribution in [-0.2, 0) is 4.79 Å². The maximum Gasteiger partial charge on any atom is 0.248 e. The highest BCUT2D eigenvalue weighted by atomic mass is 35.5. The summed E-state index contributed by atoms with van der Waals surface area (Å²) < 4.78 is 10.5. The van der Waals surface area contributed by atoms with E-state index in [0.29, 0.717) is 27.8 Å². The number of carbonyl (C=O) groups excluding carboxylic acids is 1. The molecule has 5 heteroatoms. The molecule has 4 nitrogen and oxygen atoms in total. The first-order valence-electron chi connectivity index (χ1n) is 6.59. The van der Waals surface area contributed by atoms with E-state index in [1.165, 1.54) is 6.08 Å². The molecule has 0 aliphatic heterocycles. The summed E-state index contributed by atoms with van der Waals surface area (Å²) in [6, 6.07) is 12.4. The monoisotopic (exact) mass is 317 g/mol. The van der Waals surface area contributed by atoms with Crippen molar-refractivity contribution in [3.05, 3.63) is 59.1 Å². The lowest BCUT2D eigenvalue weighted by atomic mass is 10.1. The van der Waals surface area contributed by atoms with Crippen molar-refractivity contribution in [3.8, 4) is 11.5 Å². The van der Waals surface area contributed by atoms with Crippen LogP contribution in [0.2, 0.25) is 5.02 Å². The van der Waals surface area contributed by atoms with Crippen LogP contribution in [0.1, 0.15) is 5.56 Å². The van der Waals surface area contributed by atoms with Crippen LogP contribution in [0.25, 0.3) is 6.08 Å². The van der Waals surface area contributed by atoms with E-state index in [0.717, 1.165) is 0 Å². The first kappa shape index (κ1) is 15.9. The number of anilines is 1. The third kappa shape index (κ3) is 4.02. The Morgan fingerprint density at radius 3 is 2.32 bits per heavy atom. The second kappa shape index (κ2) is 7.52. The van der Waals surface area contributed by atoms with Crippen LogP contribution in [0.4, 0.5) is 5.69 Å². The summed E-state index contributed by atoms with van der Waals surface area (Å²) in [5, 5.41) is 3.30. The van der Waals surface area contributed by atoms with Gasteiger partial charge in [-0.3, -0.25) is 4.79 Å². The molecular formula is C17H16ClNO3. The molecule has 0 saturated carbocycles. The molecule has 0 spiro atoms. The normalized spacial score (nSPS) is 10.5. The third-order valence-corrected chi connectivity index (χ3v) is 3.19. The molecule has 0 unspecified atom stereocenters. The van der Waals surface area contributed by atoms with Gasteiger partial charge in [0.25, 0.3) is 0 Å². The quantitative estimate of drug-likeness (QED) is 0.848. The van der Waals surface area contributed by atoms with E-state index >= 15 is 0 Å². The molecule has 2 aromatic rings. The summed E-state index contributed by atoms with van der Waals surface area (Å²) in [6.07, 6.45) is 3.07. The van der Waals surface area contributed by atoms with Crippen molar-refractivity contribution in [2.24, 2.45) is 0 Å². The van der Waals surface area contributed by atoms with E-state index in [-0.39, 0.29) is 5.91 Å². The minimum absolute atomic E-state index is 0.268. The van der Waals surface area contributed by atoms with Gasteiger partial charge in [-0.25, -0.2) is 0 Å². The van der Waals surface area contributed by atoms with Gasteiger partial charge in [-0.15, -0.1) is 0 Å². The van der Waals surface area contributed by atoms with Crippen LogP contribution in [-0.4, -0.2) is 20.1 Å². The van der Waals surface area contributed by atoms with Crippen LogP contribution in [0, 0.1) is 0 Å². The number of carbonyl (C=O) groups is 1. The first-order valence-corrected chi connectivity index (χ1v) is 6.97. The Bertz CT molecular complexity index is 676. The Kier molecular flexibility index (Phi) is 5.44. The van der Waals surface area contributed by atoms with Gasteiger partial charge in [0, 0.05) is 16.8 Å². The number of benzene rings is 2. The molecule has 2 rings (SSSR count). The van der Waals surface area contributed by atoms with Gasteiger partial charge in [-0.2, -0.15) is 0 Å². The average molecular weight is 318 g/mol. The lowest BCUT2D eigenvalue weighted by Crippen LogP contribution is -2.07. The van der Waals surface area contributed by atoms with Crippen LogP contribution in [0.5, 0.6) is 11.5 Å². The Balaban J connectivity index is 2.16. The van der Waals surface area contributed by atoms with Gasteiger partial charge in [-0.05, 0) is 36.4 Å². The van der Waals surface area contributed by atoms with Crippen LogP contribution >= 0.6 is 11.6 Å². The second-order valence-electron chi connectivity index (χ2n) is 4.41. The van der Waals surface area contributed by atoms with Crippen LogP contribution in [0.3, 0.4) is 0 Å². The van der Waals surface area contributed by atoms with Gasteiger partial charge < -0.3 is 14.8 Å². The fraction of sp³-hybridized carbons (Fsp3) is 0.118. The van der Waals surface area contributed by atoms with Gasteiger partial charge in [0.2, 0.25) is 5.91 Å². The van der Waals surface area contributed by atoms with Gasteiger partial charge in [0.15, 0.2) is 0 Å². The maximum atomic E-state index is 12.0. The zero-order valence-electron chi connectivity index (χ0n) is 12.3. The number of hydrogen-bond donors (Lipinski definition) is 1. The number of rotatable bonds is 5. The molecule has 22 heavy (non-hydrogen) atoms. The minimum Gasteiger partial charge on any atom is -0.496 e. The lowest BCUT2D eigenvalue weighted by molar-refractivity contribution is -0.111. The number of nitrogens with one attached hydrogen (secondary N) is 1. The zero-order valence-corrected chi connectivity index (χ0v) is 13.1. The Morgan fingerprint density at radius 2 is 1.73 bits per heavy atom. The molecule has 114 valence electrons. The summed E-state index contributed by atoms with van der Waals surface area (Å²) in [4.78, 5) is 12.0. The zero-order chi connectivity index (χ0) is 15.9. The topological polar surface area (TPSA) is 47.6 Å². The number of ether oxygens (including phenoxy) is 2. The standard InChI is InChI=1S/C17H16ClNO3/c1-21-15-7-4-8-16(22-2)14(15)9-10-17(20)19-13-6-3-5-12(18)11-13/h3-11H,1-2H3,(H,19,20). The second-order valence-corrected chi connectivity index (χ2v) is 4.85. The number of halogens is 1. The van der Waals surface area contributed by atoms with Crippen molar-refractivity contribution in [2.75, 3.05) is 19.5 Å². The van der Waals surface area contributed by atoms with Crippen molar-refractivity contribution in [3.63, 3.8) is 0 Å². The largest absolute Gasteiger partial charge is 0.496 e. The Morgan fingerprint density at radius 1 is 1.09 bits per heavy atom. The fourth-order valence-corrected chi connectivity index (χ4v) is 2.14. The summed E-state index contributed by atoms with van der Waals surface area (Å²) in [7, 11) is 3.14. The highest BCUT2D eigenvalue weighted by Crippen LogP contribution is 2.29. The molecule has 0 aromatic heterocycles. The van der Waals surface area contributed by atoms with E-state index in [1.54, 1.807) is 56.7 Å². The highest BCUT2D eigenvalue weighted by Gasteiger charge is 2.07. The fourth-order valence-electron chi connectivity index (χ4n) is 1.95. The molecule has 0 saturated heterocycles. The smallest absolute Gasteiger partial charge is 0.248 e. The number of amides is 1. The third-order valence-electron chi connectivity index (χ3n) is 2.96. The predicted octanol–water partition coefficient (Wildman–Crippen LogP) is 4.01. The molecule has 0 bridgehead atoms. The van der Waals surface area contributed by atoms with Crippen molar-refractivity contribution in [1.29, 1.82) is 0 Å². The van der Waals surface area contributed by atoms with E-state index in [4.69, 9.17) is 21.1 Å². The molecule has 0 atom stereocenters. The van der Waals surface area contributed by atoms with Crippen molar-refractivity contribution in [2.45, 2.75) is 0 Å². The van der Waals surface area contributed by atoms with Gasteiger partial charge in [0.05, 0.1) is 19.8 Å². The highest BCUT2D eigenvalue weighted by molar-refractivity contribution is 6.30. The summed E-state index contributed by atoms with van der Waals surface area (Å²) in [5.74, 6) is 0.993. The number of methoxy groups -OCH3 is 2. The van der Waals surface area contributed by atoms with Gasteiger partial charge in [0.1, 0.15) is 11.5 Å². The maximum absolute atomic E-state index is 12.0. The molecule has 0 radical (unpaired) electrons. The van der Waals surface area contributed by atoms with E-state index < -0.39 is 0 Å². The van der Waals surface area contributed by atoms with Gasteiger partial charge in [-0.1, -0.05) is 23.7 Å². The van der Waals surface area contributed by atoms with Crippen molar-refractivity contribution >= 4 is 29.3 Å². The molecule has 1 N–H and O–H groups in total. The summed E-state index contributed by atoms with van der Waals surface area (Å²) in [5.41, 5.74) is 1.34. The molecule has 0 aliphatic carbocycles. The van der Waals surface area contributed by atoms with E-state index in [1.807, 2.05) is 6.07 Å². The molecular weight excluding hydrogens is 302 g/mol. The summed E-state index contributed by atoms with van der Waals surface area (Å²) in [6.45, 7) is 0. The Hall–Kier alpha value is -2.46. The lowest BCUT2D eigenvalue weighted by Gasteiger charge is -2.09. The molecule has 0 fully saturated rings. The van der Waals surface area contributed by atoms with Crippen LogP contribution < -0.4 is 14.8 Å². The van der Waals surface area contributed by atoms with Crippen molar-refractivity contribution < 1.29 is 14.3 Å². The molecule has 1 amide bonds. The summed E-state index contributed by atoms with van der Waals surface area (Å²) >= 11 is 5.88. The van der Waals surface area contributed by atoms with Crippen LogP contribution in [0.15, 0.2) is 48.5 Å². The molecule has 0 heterocycles. The van der Waals surface area contributed by atoms with Gasteiger partial charge >= 0.3 is 0 Å². The predicted molar refractivity (Wildman–Crippen MR) is 88.7 cm³/mol. The SMILES string of the molecule is COc1cccc(OC)c1C=CC(=O)Nc1cccc(Cl)c1. The molecule has 2 aromatic carbocycles. The van der Waals surface area contributed by atoms with E-state index in [2.05, 4.69) is 5.32 Å². The van der Waals surface area contributed by atoms with Crippen molar-refractivity contribution in [1.82, 2.24) is 0 Å². The molecule has 0 aliphatic rings. The minimum atomic E-state index is -0.268.